The van der Waals surface area contributed by atoms with E-state index in [0.29, 0.717) is 16.8 Å². The molecule has 37 heavy (non-hydrogen) atoms. The van der Waals surface area contributed by atoms with Crippen LogP contribution in [0.5, 0.6) is 0 Å². The van der Waals surface area contributed by atoms with Gasteiger partial charge in [0.1, 0.15) is 18.0 Å². The van der Waals surface area contributed by atoms with E-state index in [9.17, 15) is 19.5 Å². The number of rotatable bonds is 8. The number of oxime groups is 1. The fraction of sp³-hybridized carbons (Fsp3) is 0.273. The summed E-state index contributed by atoms with van der Waals surface area (Å²) in [5.41, 5.74) is 6.91. The Morgan fingerprint density at radius 3 is 2.89 bits per heavy atom. The highest BCUT2D eigenvalue weighted by molar-refractivity contribution is 8.00. The van der Waals surface area contributed by atoms with Gasteiger partial charge in [-0.2, -0.15) is 4.57 Å². The van der Waals surface area contributed by atoms with Crippen molar-refractivity contribution in [1.82, 2.24) is 25.2 Å². The van der Waals surface area contributed by atoms with Crippen molar-refractivity contribution in [2.75, 3.05) is 18.1 Å². The van der Waals surface area contributed by atoms with Crippen molar-refractivity contribution in [1.29, 1.82) is 0 Å². The van der Waals surface area contributed by atoms with Gasteiger partial charge in [-0.1, -0.05) is 5.16 Å². The van der Waals surface area contributed by atoms with Crippen LogP contribution in [0.1, 0.15) is 12.5 Å². The Bertz CT molecular complexity index is 1450. The number of hydrogen-bond acceptors (Lipinski definition) is 12. The minimum atomic E-state index is -1.48. The molecule has 190 valence electrons. The summed E-state index contributed by atoms with van der Waals surface area (Å²) in [6.45, 7) is 2.04. The number of nitrogen functional groups attached to an aromatic ring is 1. The number of amides is 2. The van der Waals surface area contributed by atoms with E-state index in [-0.39, 0.29) is 41.8 Å². The Kier molecular flexibility index (Phi) is 6.43. The SMILES string of the molecule is CCON=C(C(=O)NC1C(=O)N2C(C(=O)[O-])=C(C[n+]3cccc4ncoc43)CS[C@@H]12)c1cnc(N)nc1. The van der Waals surface area contributed by atoms with E-state index in [1.54, 1.807) is 29.8 Å². The van der Waals surface area contributed by atoms with E-state index in [1.807, 2.05) is 0 Å². The van der Waals surface area contributed by atoms with Crippen molar-refractivity contribution in [2.24, 2.45) is 5.16 Å². The number of anilines is 1. The Labute approximate surface area is 213 Å². The monoisotopic (exact) mass is 524 g/mol. The molecule has 1 fully saturated rings. The zero-order valence-electron chi connectivity index (χ0n) is 19.4. The number of nitrogens with two attached hydrogens (primary N) is 1. The van der Waals surface area contributed by atoms with E-state index in [0.717, 1.165) is 4.90 Å². The number of carbonyl (C=O) groups is 3. The number of hydrogen-bond donors (Lipinski definition) is 2. The molecule has 3 N–H and O–H groups in total. The van der Waals surface area contributed by atoms with Crippen molar-refractivity contribution >= 4 is 52.4 Å². The van der Waals surface area contributed by atoms with Crippen molar-refractivity contribution < 1.29 is 33.3 Å². The minimum Gasteiger partial charge on any atom is -0.543 e. The normalized spacial score (nSPS) is 19.4. The van der Waals surface area contributed by atoms with Gasteiger partial charge in [-0.05, 0) is 13.0 Å². The largest absolute Gasteiger partial charge is 0.543 e. The van der Waals surface area contributed by atoms with Crippen LogP contribution in [-0.2, 0) is 25.8 Å². The number of aliphatic carboxylic acids is 1. The van der Waals surface area contributed by atoms with Crippen LogP contribution in [0.3, 0.4) is 0 Å². The topological polar surface area (TPSA) is 193 Å². The maximum absolute atomic E-state index is 13.1. The summed E-state index contributed by atoms with van der Waals surface area (Å²) < 4.78 is 7.12. The lowest BCUT2D eigenvalue weighted by Gasteiger charge is -2.50. The van der Waals surface area contributed by atoms with Gasteiger partial charge >= 0.3 is 5.71 Å². The average Bonchev–Trinajstić information content (AvgIpc) is 3.38. The van der Waals surface area contributed by atoms with Crippen LogP contribution in [0.2, 0.25) is 0 Å². The highest BCUT2D eigenvalue weighted by Crippen LogP contribution is 2.40. The van der Waals surface area contributed by atoms with Crippen LogP contribution in [0, 0.1) is 0 Å². The van der Waals surface area contributed by atoms with Crippen LogP contribution in [-0.4, -0.2) is 67.1 Å². The molecular weight excluding hydrogens is 504 g/mol. The second-order valence-electron chi connectivity index (χ2n) is 7.97. The van der Waals surface area contributed by atoms with Crippen molar-refractivity contribution in [3.05, 3.63) is 54.0 Å². The first-order valence-electron chi connectivity index (χ1n) is 11.1. The Hall–Kier alpha value is -4.53. The Morgan fingerprint density at radius 1 is 1.38 bits per heavy atom. The lowest BCUT2D eigenvalue weighted by atomic mass is 10.0. The van der Waals surface area contributed by atoms with Crippen LogP contribution < -0.4 is 20.7 Å². The number of carboxylic acids is 1. The number of pyridine rings is 1. The second-order valence-corrected chi connectivity index (χ2v) is 9.07. The van der Waals surface area contributed by atoms with Crippen LogP contribution in [0.25, 0.3) is 11.2 Å². The van der Waals surface area contributed by atoms with Crippen LogP contribution >= 0.6 is 11.8 Å². The first-order chi connectivity index (χ1) is 17.9. The number of nitrogens with zero attached hydrogens (tertiary/aromatic N) is 6. The number of thioether (sulfide) groups is 1. The fourth-order valence-corrected chi connectivity index (χ4v) is 5.37. The van der Waals surface area contributed by atoms with Gasteiger partial charge in [-0.15, -0.1) is 11.8 Å². The molecule has 1 saturated heterocycles. The fourth-order valence-electron chi connectivity index (χ4n) is 4.03. The minimum absolute atomic E-state index is 0.0125. The molecule has 0 aliphatic carbocycles. The summed E-state index contributed by atoms with van der Waals surface area (Å²) in [4.78, 5) is 56.2. The van der Waals surface area contributed by atoms with E-state index in [1.165, 1.54) is 30.5 Å². The number of carbonyl (C=O) groups excluding carboxylic acids is 3. The van der Waals surface area contributed by atoms with Gasteiger partial charge in [0.05, 0.1) is 11.7 Å². The molecule has 5 rings (SSSR count). The molecule has 0 aromatic carbocycles. The van der Waals surface area contributed by atoms with Crippen LogP contribution in [0.4, 0.5) is 5.95 Å². The predicted molar refractivity (Wildman–Crippen MR) is 126 cm³/mol. The molecule has 14 nitrogen and oxygen atoms in total. The Morgan fingerprint density at radius 2 is 2.16 bits per heavy atom. The molecule has 5 heterocycles. The quantitative estimate of drug-likeness (QED) is 0.148. The highest BCUT2D eigenvalue weighted by Gasteiger charge is 2.53. The molecule has 2 aliphatic rings. The molecule has 3 aromatic rings. The van der Waals surface area contributed by atoms with Crippen molar-refractivity contribution in [3.8, 4) is 0 Å². The smallest absolute Gasteiger partial charge is 0.401 e. The molecular formula is C22H20N8O6S. The molecule has 3 aromatic heterocycles. The predicted octanol–water partition coefficient (Wildman–Crippen LogP) is -1.67. The van der Waals surface area contributed by atoms with Gasteiger partial charge < -0.3 is 30.2 Å². The zero-order chi connectivity index (χ0) is 26.1. The van der Waals surface area contributed by atoms with E-state index < -0.39 is 29.2 Å². The van der Waals surface area contributed by atoms with Crippen molar-refractivity contribution in [3.63, 3.8) is 0 Å². The molecule has 0 bridgehead atoms. The van der Waals surface area contributed by atoms with Gasteiger partial charge in [-0.3, -0.25) is 14.5 Å². The number of β-lactam (4-membered cyclic amide) rings is 1. The molecule has 1 unspecified atom stereocenters. The van der Waals surface area contributed by atoms with Gasteiger partial charge in [0, 0.05) is 35.3 Å². The van der Waals surface area contributed by atoms with E-state index >= 15 is 0 Å². The number of fused-ring (bicyclic) bond motifs is 2. The van der Waals surface area contributed by atoms with Gasteiger partial charge in [-0.25, -0.2) is 15.0 Å². The molecule has 0 saturated carbocycles. The highest BCUT2D eigenvalue weighted by atomic mass is 32.2. The van der Waals surface area contributed by atoms with Gasteiger partial charge in [0.2, 0.25) is 5.95 Å². The lowest BCUT2D eigenvalue weighted by Crippen LogP contribution is -2.71. The molecule has 2 aliphatic heterocycles. The number of aromatic nitrogens is 4. The third kappa shape index (κ3) is 4.44. The van der Waals surface area contributed by atoms with Gasteiger partial charge in [0.25, 0.3) is 11.8 Å². The van der Waals surface area contributed by atoms with E-state index in [2.05, 4.69) is 25.4 Å². The number of nitrogens with one attached hydrogen (secondary N) is 1. The molecule has 0 spiro atoms. The maximum atomic E-state index is 13.1. The summed E-state index contributed by atoms with van der Waals surface area (Å²) in [5.74, 6) is -2.49. The molecule has 2 amide bonds. The summed E-state index contributed by atoms with van der Waals surface area (Å²) in [6.07, 6.45) is 5.64. The van der Waals surface area contributed by atoms with Gasteiger partial charge in [0.15, 0.2) is 30.4 Å². The summed E-state index contributed by atoms with van der Waals surface area (Å²) in [5, 5.41) is 17.9. The van der Waals surface area contributed by atoms with Crippen molar-refractivity contribution in [2.45, 2.75) is 24.9 Å². The average molecular weight is 525 g/mol. The van der Waals surface area contributed by atoms with Crippen LogP contribution in [0.15, 0.2) is 58.0 Å². The second kappa shape index (κ2) is 9.85. The maximum Gasteiger partial charge on any atom is 0.401 e. The third-order valence-corrected chi connectivity index (χ3v) is 7.03. The molecule has 2 atom stereocenters. The Balaban J connectivity index is 1.37. The summed E-state index contributed by atoms with van der Waals surface area (Å²) >= 11 is 1.32. The first kappa shape index (κ1) is 24.2. The number of oxazole rings is 1. The molecule has 0 radical (unpaired) electrons. The third-order valence-electron chi connectivity index (χ3n) is 5.69. The lowest BCUT2D eigenvalue weighted by molar-refractivity contribution is -0.669. The standard InChI is InChI=1S/C22H20N8O6S/c1-2-36-28-14(11-6-24-22(23)25-7-11)17(31)27-15-18(32)30-16(21(33)34)12(9-37-20(15)30)8-29-5-3-4-13-19(29)35-10-26-13/h3-7,10,15,20H,2,8-9H2,1H3,(H3-,23,24,25,27,28,31,33,34)/t15?,20-/m0/s1. The first-order valence-corrected chi connectivity index (χ1v) is 12.1. The van der Waals surface area contributed by atoms with E-state index in [4.69, 9.17) is 15.0 Å². The number of carboxylic acid groups (broad SMARTS) is 1. The summed E-state index contributed by atoms with van der Waals surface area (Å²) in [7, 11) is 0. The molecule has 15 heteroatoms. The zero-order valence-corrected chi connectivity index (χ0v) is 20.2. The summed E-state index contributed by atoms with van der Waals surface area (Å²) in [6, 6.07) is 2.54.